The number of rotatable bonds is 5. The van der Waals surface area contributed by atoms with Gasteiger partial charge in [0.25, 0.3) is 5.91 Å². The molecule has 0 aliphatic rings. The monoisotopic (exact) mass is 334 g/mol. The Morgan fingerprint density at radius 1 is 0.960 bits per heavy atom. The summed E-state index contributed by atoms with van der Waals surface area (Å²) in [6, 6.07) is 21.2. The molecule has 0 aliphatic heterocycles. The molecule has 4 heteroatoms. The fraction of sp³-hybridized carbons (Fsp3) is 0.0952. The van der Waals surface area contributed by atoms with Gasteiger partial charge < -0.3 is 10.6 Å². The second-order valence-electron chi connectivity index (χ2n) is 5.83. The number of hydrogen-bond donors (Lipinski definition) is 2. The zero-order valence-corrected chi connectivity index (χ0v) is 13.9. The quantitative estimate of drug-likeness (QED) is 0.689. The van der Waals surface area contributed by atoms with Crippen molar-refractivity contribution in [1.82, 2.24) is 0 Å². The van der Waals surface area contributed by atoms with Crippen LogP contribution in [0.15, 0.2) is 72.8 Å². The Kier molecular flexibility index (Phi) is 5.09. The first kappa shape index (κ1) is 16.7. The number of carbonyl (C=O) groups excluding carboxylic acids is 1. The Labute approximate surface area is 146 Å². The molecule has 3 aromatic rings. The summed E-state index contributed by atoms with van der Waals surface area (Å²) in [7, 11) is 0. The van der Waals surface area contributed by atoms with Gasteiger partial charge in [-0.25, -0.2) is 4.39 Å². The zero-order valence-electron chi connectivity index (χ0n) is 13.9. The smallest absolute Gasteiger partial charge is 0.255 e. The third-order valence-corrected chi connectivity index (χ3v) is 3.90. The number of halogens is 1. The maximum absolute atomic E-state index is 13.3. The number of aryl methyl sites for hydroxylation is 1. The van der Waals surface area contributed by atoms with E-state index in [4.69, 9.17) is 0 Å². The van der Waals surface area contributed by atoms with Crippen LogP contribution in [0.4, 0.5) is 15.8 Å². The number of benzene rings is 3. The van der Waals surface area contributed by atoms with E-state index in [1.165, 1.54) is 12.1 Å². The van der Waals surface area contributed by atoms with Crippen molar-refractivity contribution in [3.8, 4) is 0 Å². The minimum absolute atomic E-state index is 0.152. The van der Waals surface area contributed by atoms with Gasteiger partial charge in [-0.05, 0) is 54.4 Å². The van der Waals surface area contributed by atoms with E-state index >= 15 is 0 Å². The number of amides is 1. The summed E-state index contributed by atoms with van der Waals surface area (Å²) >= 11 is 0. The summed E-state index contributed by atoms with van der Waals surface area (Å²) in [6.45, 7) is 2.49. The highest BCUT2D eigenvalue weighted by atomic mass is 19.1. The van der Waals surface area contributed by atoms with Gasteiger partial charge in [0.05, 0.1) is 0 Å². The first-order valence-electron chi connectivity index (χ1n) is 8.07. The van der Waals surface area contributed by atoms with E-state index < -0.39 is 0 Å². The molecule has 3 aromatic carbocycles. The molecule has 0 bridgehead atoms. The van der Waals surface area contributed by atoms with Gasteiger partial charge in [-0.1, -0.05) is 36.4 Å². The highest BCUT2D eigenvalue weighted by Crippen LogP contribution is 2.21. The van der Waals surface area contributed by atoms with Crippen LogP contribution in [-0.4, -0.2) is 5.91 Å². The fourth-order valence-electron chi connectivity index (χ4n) is 2.53. The van der Waals surface area contributed by atoms with Crippen molar-refractivity contribution < 1.29 is 9.18 Å². The topological polar surface area (TPSA) is 41.1 Å². The summed E-state index contributed by atoms with van der Waals surface area (Å²) in [5.74, 6) is -0.402. The second kappa shape index (κ2) is 7.62. The van der Waals surface area contributed by atoms with Gasteiger partial charge in [-0.2, -0.15) is 0 Å². The molecule has 0 heterocycles. The van der Waals surface area contributed by atoms with Crippen LogP contribution in [0, 0.1) is 12.7 Å². The van der Waals surface area contributed by atoms with Crippen LogP contribution in [0.2, 0.25) is 0 Å². The molecule has 0 aliphatic carbocycles. The average molecular weight is 334 g/mol. The highest BCUT2D eigenvalue weighted by molar-refractivity contribution is 6.04. The molecule has 0 radical (unpaired) electrons. The van der Waals surface area contributed by atoms with Crippen LogP contribution in [0.25, 0.3) is 0 Å². The molecule has 0 saturated carbocycles. The summed E-state index contributed by atoms with van der Waals surface area (Å²) in [4.78, 5) is 12.3. The van der Waals surface area contributed by atoms with Gasteiger partial charge in [0.15, 0.2) is 0 Å². The van der Waals surface area contributed by atoms with E-state index in [-0.39, 0.29) is 11.7 Å². The first-order chi connectivity index (χ1) is 12.1. The molecule has 0 aromatic heterocycles. The molecule has 0 spiro atoms. The molecule has 126 valence electrons. The van der Waals surface area contributed by atoms with Crippen molar-refractivity contribution in [2.45, 2.75) is 13.5 Å². The normalized spacial score (nSPS) is 10.3. The Morgan fingerprint density at radius 3 is 2.52 bits per heavy atom. The van der Waals surface area contributed by atoms with E-state index in [0.29, 0.717) is 17.8 Å². The maximum Gasteiger partial charge on any atom is 0.255 e. The Hall–Kier alpha value is -3.14. The molecule has 1 amide bonds. The summed E-state index contributed by atoms with van der Waals surface area (Å²) < 4.78 is 13.3. The SMILES string of the molecule is Cc1ccc(NC(=O)c2ccccc2)cc1NCc1cccc(F)c1. The minimum atomic E-state index is -0.250. The van der Waals surface area contributed by atoms with Crippen molar-refractivity contribution in [2.75, 3.05) is 10.6 Å². The standard InChI is InChI=1S/C21H19FN2O/c1-15-10-11-19(24-21(25)17-7-3-2-4-8-17)13-20(15)23-14-16-6-5-9-18(22)12-16/h2-13,23H,14H2,1H3,(H,24,25). The lowest BCUT2D eigenvalue weighted by Crippen LogP contribution is -2.12. The summed E-state index contributed by atoms with van der Waals surface area (Å²) in [5, 5.41) is 6.19. The van der Waals surface area contributed by atoms with E-state index in [1.54, 1.807) is 18.2 Å². The Balaban J connectivity index is 1.71. The first-order valence-corrected chi connectivity index (χ1v) is 8.07. The third kappa shape index (κ3) is 4.44. The van der Waals surface area contributed by atoms with Crippen molar-refractivity contribution in [3.05, 3.63) is 95.3 Å². The Morgan fingerprint density at radius 2 is 1.76 bits per heavy atom. The van der Waals surface area contributed by atoms with Gasteiger partial charge in [0, 0.05) is 23.5 Å². The molecule has 0 saturated heterocycles. The van der Waals surface area contributed by atoms with Crippen LogP contribution in [-0.2, 0) is 6.54 Å². The predicted molar refractivity (Wildman–Crippen MR) is 99.3 cm³/mol. The van der Waals surface area contributed by atoms with Gasteiger partial charge in [-0.3, -0.25) is 4.79 Å². The van der Waals surface area contributed by atoms with E-state index in [2.05, 4.69) is 10.6 Å². The lowest BCUT2D eigenvalue weighted by atomic mass is 10.1. The summed E-state index contributed by atoms with van der Waals surface area (Å²) in [6.07, 6.45) is 0. The molecule has 2 N–H and O–H groups in total. The fourth-order valence-corrected chi connectivity index (χ4v) is 2.53. The molecule has 0 fully saturated rings. The van der Waals surface area contributed by atoms with Crippen LogP contribution < -0.4 is 10.6 Å². The van der Waals surface area contributed by atoms with Crippen molar-refractivity contribution in [2.24, 2.45) is 0 Å². The lowest BCUT2D eigenvalue weighted by molar-refractivity contribution is 0.102. The van der Waals surface area contributed by atoms with Gasteiger partial charge >= 0.3 is 0 Å². The van der Waals surface area contributed by atoms with E-state index in [0.717, 1.165) is 16.8 Å². The van der Waals surface area contributed by atoms with Crippen LogP contribution in [0.1, 0.15) is 21.5 Å². The predicted octanol–water partition coefficient (Wildman–Crippen LogP) is 5.00. The van der Waals surface area contributed by atoms with Crippen LogP contribution in [0.3, 0.4) is 0 Å². The van der Waals surface area contributed by atoms with Crippen LogP contribution in [0.5, 0.6) is 0 Å². The second-order valence-corrected chi connectivity index (χ2v) is 5.83. The largest absolute Gasteiger partial charge is 0.381 e. The average Bonchev–Trinajstić information content (AvgIpc) is 2.63. The maximum atomic E-state index is 13.3. The third-order valence-electron chi connectivity index (χ3n) is 3.90. The van der Waals surface area contributed by atoms with Crippen molar-refractivity contribution >= 4 is 17.3 Å². The molecule has 0 atom stereocenters. The number of hydrogen-bond acceptors (Lipinski definition) is 2. The molecule has 3 rings (SSSR count). The van der Waals surface area contributed by atoms with Gasteiger partial charge in [-0.15, -0.1) is 0 Å². The lowest BCUT2D eigenvalue weighted by Gasteiger charge is -2.13. The highest BCUT2D eigenvalue weighted by Gasteiger charge is 2.07. The number of anilines is 2. The molecule has 3 nitrogen and oxygen atoms in total. The van der Waals surface area contributed by atoms with Crippen LogP contribution >= 0.6 is 0 Å². The van der Waals surface area contributed by atoms with Gasteiger partial charge in [0.1, 0.15) is 5.82 Å². The minimum Gasteiger partial charge on any atom is -0.381 e. The van der Waals surface area contributed by atoms with Crippen molar-refractivity contribution in [3.63, 3.8) is 0 Å². The Bertz CT molecular complexity index is 878. The molecule has 25 heavy (non-hydrogen) atoms. The van der Waals surface area contributed by atoms with Crippen molar-refractivity contribution in [1.29, 1.82) is 0 Å². The molecular weight excluding hydrogens is 315 g/mol. The molecule has 0 unspecified atom stereocenters. The zero-order chi connectivity index (χ0) is 17.6. The molecular formula is C21H19FN2O. The van der Waals surface area contributed by atoms with Gasteiger partial charge in [0.2, 0.25) is 0 Å². The number of nitrogens with one attached hydrogen (secondary N) is 2. The van der Waals surface area contributed by atoms with E-state index in [1.807, 2.05) is 49.4 Å². The van der Waals surface area contributed by atoms with E-state index in [9.17, 15) is 9.18 Å². The number of carbonyl (C=O) groups is 1. The summed E-state index contributed by atoms with van der Waals surface area (Å²) in [5.41, 5.74) is 4.13.